The van der Waals surface area contributed by atoms with Crippen molar-refractivity contribution in [2.75, 3.05) is 12.9 Å². The topological polar surface area (TPSA) is 57.0 Å². The van der Waals surface area contributed by atoms with Gasteiger partial charge in [-0.05, 0) is 25.5 Å². The second kappa shape index (κ2) is 7.26. The van der Waals surface area contributed by atoms with Crippen LogP contribution in [-0.4, -0.2) is 33.4 Å². The fourth-order valence-corrected chi connectivity index (χ4v) is 2.84. The van der Waals surface area contributed by atoms with Crippen LogP contribution in [0.5, 0.6) is 5.75 Å². The Morgan fingerprint density at radius 1 is 1.33 bits per heavy atom. The van der Waals surface area contributed by atoms with E-state index in [-0.39, 0.29) is 5.78 Å². The van der Waals surface area contributed by atoms with Gasteiger partial charge in [-0.3, -0.25) is 0 Å². The highest BCUT2D eigenvalue weighted by atomic mass is 32.2. The molecule has 2 aromatic rings. The van der Waals surface area contributed by atoms with Crippen LogP contribution in [0.1, 0.15) is 19.8 Å². The maximum absolute atomic E-state index is 10.9. The lowest BCUT2D eigenvalue weighted by Gasteiger charge is -2.08. The van der Waals surface area contributed by atoms with Gasteiger partial charge in [-0.15, -0.1) is 10.2 Å². The van der Waals surface area contributed by atoms with E-state index >= 15 is 0 Å². The van der Waals surface area contributed by atoms with Gasteiger partial charge in [0.15, 0.2) is 11.0 Å². The van der Waals surface area contributed by atoms with Crippen LogP contribution in [0.25, 0.3) is 11.4 Å². The molecule has 0 amide bonds. The second-order valence-corrected chi connectivity index (χ2v) is 5.78. The van der Waals surface area contributed by atoms with Crippen molar-refractivity contribution in [3.8, 4) is 17.1 Å². The molecule has 0 aliphatic heterocycles. The number of carbonyl (C=O) groups is 1. The highest BCUT2D eigenvalue weighted by Gasteiger charge is 2.14. The van der Waals surface area contributed by atoms with Crippen molar-refractivity contribution in [1.29, 1.82) is 0 Å². The van der Waals surface area contributed by atoms with Crippen LogP contribution in [0.3, 0.4) is 0 Å². The van der Waals surface area contributed by atoms with Gasteiger partial charge in [0.25, 0.3) is 0 Å². The van der Waals surface area contributed by atoms with Crippen LogP contribution in [-0.2, 0) is 11.8 Å². The maximum atomic E-state index is 10.9. The molecule has 0 N–H and O–H groups in total. The van der Waals surface area contributed by atoms with E-state index in [1.54, 1.807) is 25.8 Å². The van der Waals surface area contributed by atoms with Crippen molar-refractivity contribution in [1.82, 2.24) is 14.8 Å². The Kier molecular flexibility index (Phi) is 5.38. The van der Waals surface area contributed by atoms with Crippen LogP contribution in [0.4, 0.5) is 0 Å². The number of carbonyl (C=O) groups excluding carboxylic acids is 1. The molecule has 0 bridgehead atoms. The number of methoxy groups -OCH3 is 1. The fraction of sp³-hybridized carbons (Fsp3) is 0.400. The summed E-state index contributed by atoms with van der Waals surface area (Å²) < 4.78 is 7.32. The van der Waals surface area contributed by atoms with E-state index in [4.69, 9.17) is 4.74 Å². The van der Waals surface area contributed by atoms with E-state index < -0.39 is 0 Å². The van der Waals surface area contributed by atoms with Crippen molar-refractivity contribution in [3.63, 3.8) is 0 Å². The molecule has 21 heavy (non-hydrogen) atoms. The van der Waals surface area contributed by atoms with Crippen LogP contribution < -0.4 is 4.74 Å². The molecular formula is C15H19N3O2S. The molecule has 0 aliphatic rings. The number of hydrogen-bond acceptors (Lipinski definition) is 5. The van der Waals surface area contributed by atoms with Crippen LogP contribution in [0.15, 0.2) is 29.4 Å². The van der Waals surface area contributed by atoms with Crippen molar-refractivity contribution >= 4 is 17.5 Å². The molecule has 112 valence electrons. The number of hydrogen-bond donors (Lipinski definition) is 0. The summed E-state index contributed by atoms with van der Waals surface area (Å²) in [6.45, 7) is 1.62. The third kappa shape index (κ3) is 3.85. The Morgan fingerprint density at radius 3 is 2.81 bits per heavy atom. The molecule has 0 unspecified atom stereocenters. The second-order valence-electron chi connectivity index (χ2n) is 4.72. The van der Waals surface area contributed by atoms with Crippen LogP contribution in [0.2, 0.25) is 0 Å². The standard InChI is InChI=1S/C15H19N3O2S/c1-11(19)7-6-10-21-15-17-16-14(18(15)2)12-8-4-5-9-13(12)20-3/h4-5,8-9H,6-7,10H2,1-3H3. The number of nitrogens with zero attached hydrogens (tertiary/aromatic N) is 3. The van der Waals surface area contributed by atoms with Crippen molar-refractivity contribution < 1.29 is 9.53 Å². The van der Waals surface area contributed by atoms with Gasteiger partial charge in [0, 0.05) is 19.2 Å². The summed E-state index contributed by atoms with van der Waals surface area (Å²) in [4.78, 5) is 10.9. The zero-order valence-electron chi connectivity index (χ0n) is 12.5. The van der Waals surface area contributed by atoms with Crippen molar-refractivity contribution in [3.05, 3.63) is 24.3 Å². The molecule has 0 radical (unpaired) electrons. The molecule has 5 nitrogen and oxygen atoms in total. The first-order chi connectivity index (χ1) is 10.1. The van der Waals surface area contributed by atoms with Gasteiger partial charge < -0.3 is 14.1 Å². The first-order valence-corrected chi connectivity index (χ1v) is 7.77. The molecule has 1 aromatic heterocycles. The Bertz CT molecular complexity index is 625. The summed E-state index contributed by atoms with van der Waals surface area (Å²) in [7, 11) is 3.59. The number of Topliss-reactive ketones (excluding diaryl/α,β-unsaturated/α-hetero) is 1. The summed E-state index contributed by atoms with van der Waals surface area (Å²) in [5.74, 6) is 2.64. The lowest BCUT2D eigenvalue weighted by molar-refractivity contribution is -0.117. The number of para-hydroxylation sites is 1. The summed E-state index contributed by atoms with van der Waals surface area (Å²) >= 11 is 1.61. The van der Waals surface area contributed by atoms with Gasteiger partial charge in [-0.25, -0.2) is 0 Å². The van der Waals surface area contributed by atoms with Crippen LogP contribution in [0, 0.1) is 0 Å². The van der Waals surface area contributed by atoms with Gasteiger partial charge >= 0.3 is 0 Å². The molecule has 6 heteroatoms. The minimum absolute atomic E-state index is 0.225. The molecular weight excluding hydrogens is 286 g/mol. The molecule has 0 saturated carbocycles. The smallest absolute Gasteiger partial charge is 0.191 e. The molecule has 0 spiro atoms. The molecule has 0 aliphatic carbocycles. The molecule has 1 aromatic carbocycles. The maximum Gasteiger partial charge on any atom is 0.191 e. The third-order valence-electron chi connectivity index (χ3n) is 3.09. The highest BCUT2D eigenvalue weighted by molar-refractivity contribution is 7.99. The average molecular weight is 305 g/mol. The zero-order chi connectivity index (χ0) is 15.2. The van der Waals surface area contributed by atoms with Gasteiger partial charge in [-0.2, -0.15) is 0 Å². The number of rotatable bonds is 7. The largest absolute Gasteiger partial charge is 0.496 e. The minimum atomic E-state index is 0.225. The van der Waals surface area contributed by atoms with E-state index in [0.717, 1.165) is 34.5 Å². The Balaban J connectivity index is 2.11. The van der Waals surface area contributed by atoms with E-state index in [9.17, 15) is 4.79 Å². The van der Waals surface area contributed by atoms with E-state index in [1.165, 1.54) is 0 Å². The quantitative estimate of drug-likeness (QED) is 0.581. The first kappa shape index (κ1) is 15.6. The summed E-state index contributed by atoms with van der Waals surface area (Å²) in [6, 6.07) is 7.75. The molecule has 0 saturated heterocycles. The lowest BCUT2D eigenvalue weighted by atomic mass is 10.2. The molecule has 0 atom stereocenters. The number of aromatic nitrogens is 3. The Labute approximate surface area is 128 Å². The Hall–Kier alpha value is -1.82. The van der Waals surface area contributed by atoms with Gasteiger partial charge in [-0.1, -0.05) is 23.9 Å². The molecule has 1 heterocycles. The van der Waals surface area contributed by atoms with E-state index in [2.05, 4.69) is 10.2 Å². The normalized spacial score (nSPS) is 10.6. The summed E-state index contributed by atoms with van der Waals surface area (Å²) in [5.41, 5.74) is 0.922. The monoisotopic (exact) mass is 305 g/mol. The van der Waals surface area contributed by atoms with Crippen LogP contribution >= 0.6 is 11.8 Å². The summed E-state index contributed by atoms with van der Waals surface area (Å²) in [5, 5.41) is 9.32. The highest BCUT2D eigenvalue weighted by Crippen LogP contribution is 2.30. The van der Waals surface area contributed by atoms with Gasteiger partial charge in [0.1, 0.15) is 11.5 Å². The number of ether oxygens (including phenoxy) is 1. The zero-order valence-corrected chi connectivity index (χ0v) is 13.3. The Morgan fingerprint density at radius 2 is 2.10 bits per heavy atom. The molecule has 0 fully saturated rings. The number of ketones is 1. The first-order valence-electron chi connectivity index (χ1n) is 6.78. The van der Waals surface area contributed by atoms with Crippen molar-refractivity contribution in [2.45, 2.75) is 24.9 Å². The summed E-state index contributed by atoms with van der Waals surface area (Å²) in [6.07, 6.45) is 1.47. The molecule has 2 rings (SSSR count). The van der Waals surface area contributed by atoms with E-state index in [0.29, 0.717) is 6.42 Å². The predicted molar refractivity (Wildman–Crippen MR) is 83.6 cm³/mol. The minimum Gasteiger partial charge on any atom is -0.496 e. The number of benzene rings is 1. The third-order valence-corrected chi connectivity index (χ3v) is 4.19. The van der Waals surface area contributed by atoms with Crippen molar-refractivity contribution in [2.24, 2.45) is 7.05 Å². The van der Waals surface area contributed by atoms with Gasteiger partial charge in [0.2, 0.25) is 0 Å². The average Bonchev–Trinajstić information content (AvgIpc) is 2.84. The SMILES string of the molecule is COc1ccccc1-c1nnc(SCCCC(C)=O)n1C. The van der Waals surface area contributed by atoms with E-state index in [1.807, 2.05) is 35.9 Å². The number of thioether (sulfide) groups is 1. The lowest BCUT2D eigenvalue weighted by Crippen LogP contribution is -1.97. The fourth-order valence-electron chi connectivity index (χ4n) is 1.99. The van der Waals surface area contributed by atoms with Gasteiger partial charge in [0.05, 0.1) is 12.7 Å². The predicted octanol–water partition coefficient (Wildman–Crippen LogP) is 2.95.